The summed E-state index contributed by atoms with van der Waals surface area (Å²) in [6.07, 6.45) is 1.23. The standard InChI is InChI=1S/C20H22N4O4S/c1-29(27,28)23-17-10-8-16(9-11-17)22-19(25)12-13-20(26)24(15-5-14-21)18-6-3-2-4-7-18/h2-4,6-11,23H,5,12-13,15H2,1H3,(H,22,25). The molecule has 0 unspecified atom stereocenters. The lowest BCUT2D eigenvalue weighted by atomic mass is 10.2. The molecule has 0 radical (unpaired) electrons. The average Bonchev–Trinajstić information content (AvgIpc) is 2.68. The van der Waals surface area contributed by atoms with E-state index in [4.69, 9.17) is 5.26 Å². The minimum Gasteiger partial charge on any atom is -0.326 e. The Morgan fingerprint density at radius 2 is 1.62 bits per heavy atom. The number of carbonyl (C=O) groups excluding carboxylic acids is 2. The molecule has 8 nitrogen and oxygen atoms in total. The summed E-state index contributed by atoms with van der Waals surface area (Å²) in [5.74, 6) is -0.579. The van der Waals surface area contributed by atoms with Crippen LogP contribution >= 0.6 is 0 Å². The van der Waals surface area contributed by atoms with Gasteiger partial charge in [-0.2, -0.15) is 5.26 Å². The molecule has 0 saturated carbocycles. The summed E-state index contributed by atoms with van der Waals surface area (Å²) >= 11 is 0. The van der Waals surface area contributed by atoms with Crippen molar-refractivity contribution in [3.8, 4) is 6.07 Å². The third-order valence-corrected chi connectivity index (χ3v) is 4.46. The molecule has 0 heterocycles. The number of nitrogens with zero attached hydrogens (tertiary/aromatic N) is 2. The van der Waals surface area contributed by atoms with Crippen LogP contribution in [0, 0.1) is 11.3 Å². The number of benzene rings is 2. The van der Waals surface area contributed by atoms with Crippen molar-refractivity contribution in [2.75, 3.05) is 27.7 Å². The Morgan fingerprint density at radius 3 is 2.21 bits per heavy atom. The second-order valence-electron chi connectivity index (χ2n) is 6.29. The Kier molecular flexibility index (Phi) is 7.74. The molecule has 0 fully saturated rings. The maximum absolute atomic E-state index is 12.6. The van der Waals surface area contributed by atoms with Gasteiger partial charge in [-0.25, -0.2) is 8.42 Å². The van der Waals surface area contributed by atoms with Crippen LogP contribution in [0.4, 0.5) is 17.1 Å². The van der Waals surface area contributed by atoms with Crippen LogP contribution < -0.4 is 14.9 Å². The maximum atomic E-state index is 12.6. The van der Waals surface area contributed by atoms with Crippen LogP contribution in [0.25, 0.3) is 0 Å². The van der Waals surface area contributed by atoms with Gasteiger partial charge in [-0.05, 0) is 36.4 Å². The molecule has 9 heteroatoms. The van der Waals surface area contributed by atoms with Crippen molar-refractivity contribution in [1.29, 1.82) is 5.26 Å². The Balaban J connectivity index is 1.91. The van der Waals surface area contributed by atoms with Crippen molar-refractivity contribution in [3.05, 3.63) is 54.6 Å². The van der Waals surface area contributed by atoms with Gasteiger partial charge in [0.25, 0.3) is 0 Å². The number of carbonyl (C=O) groups is 2. The number of rotatable bonds is 9. The van der Waals surface area contributed by atoms with Crippen LogP contribution in [0.3, 0.4) is 0 Å². The fourth-order valence-electron chi connectivity index (χ4n) is 2.58. The molecule has 0 aromatic heterocycles. The number of amides is 2. The average molecular weight is 414 g/mol. The SMILES string of the molecule is CS(=O)(=O)Nc1ccc(NC(=O)CCC(=O)N(CCC#N)c2ccccc2)cc1. The van der Waals surface area contributed by atoms with Crippen molar-refractivity contribution in [1.82, 2.24) is 0 Å². The van der Waals surface area contributed by atoms with Crippen molar-refractivity contribution in [2.45, 2.75) is 19.3 Å². The van der Waals surface area contributed by atoms with E-state index < -0.39 is 10.0 Å². The largest absolute Gasteiger partial charge is 0.326 e. The van der Waals surface area contributed by atoms with E-state index in [0.29, 0.717) is 17.1 Å². The molecule has 2 amide bonds. The molecule has 0 saturated heterocycles. The molecule has 0 spiro atoms. The van der Waals surface area contributed by atoms with Crippen LogP contribution in [0.2, 0.25) is 0 Å². The summed E-state index contributed by atoms with van der Waals surface area (Å²) < 4.78 is 24.7. The van der Waals surface area contributed by atoms with Crippen LogP contribution in [-0.4, -0.2) is 33.0 Å². The fourth-order valence-corrected chi connectivity index (χ4v) is 3.15. The van der Waals surface area contributed by atoms with Crippen LogP contribution in [0.5, 0.6) is 0 Å². The van der Waals surface area contributed by atoms with Gasteiger partial charge in [-0.1, -0.05) is 18.2 Å². The first-order chi connectivity index (χ1) is 13.8. The highest BCUT2D eigenvalue weighted by Gasteiger charge is 2.16. The number of hydrogen-bond acceptors (Lipinski definition) is 5. The summed E-state index contributed by atoms with van der Waals surface area (Å²) in [6, 6.07) is 17.2. The van der Waals surface area contributed by atoms with Gasteiger partial charge < -0.3 is 10.2 Å². The van der Waals surface area contributed by atoms with E-state index in [0.717, 1.165) is 6.26 Å². The summed E-state index contributed by atoms with van der Waals surface area (Å²) in [5, 5.41) is 11.5. The normalized spacial score (nSPS) is 10.6. The quantitative estimate of drug-likeness (QED) is 0.654. The molecule has 2 N–H and O–H groups in total. The molecule has 2 aromatic carbocycles. The van der Waals surface area contributed by atoms with Crippen molar-refractivity contribution >= 4 is 38.9 Å². The summed E-state index contributed by atoms with van der Waals surface area (Å²) in [5.41, 5.74) is 1.56. The number of para-hydroxylation sites is 1. The molecule has 0 aliphatic heterocycles. The topological polar surface area (TPSA) is 119 Å². The van der Waals surface area contributed by atoms with E-state index in [1.54, 1.807) is 36.4 Å². The van der Waals surface area contributed by atoms with Crippen molar-refractivity contribution in [2.24, 2.45) is 0 Å². The van der Waals surface area contributed by atoms with Gasteiger partial charge in [-0.3, -0.25) is 14.3 Å². The third-order valence-electron chi connectivity index (χ3n) is 3.85. The molecule has 2 rings (SSSR count). The van der Waals surface area contributed by atoms with Gasteiger partial charge in [0.05, 0.1) is 18.7 Å². The molecule has 0 atom stereocenters. The van der Waals surface area contributed by atoms with Gasteiger partial charge in [0.1, 0.15) is 0 Å². The molecule has 29 heavy (non-hydrogen) atoms. The lowest BCUT2D eigenvalue weighted by molar-refractivity contribution is -0.122. The molecular formula is C20H22N4O4S. The number of nitrogens with one attached hydrogen (secondary N) is 2. The zero-order chi connectivity index (χ0) is 21.3. The van der Waals surface area contributed by atoms with E-state index in [1.165, 1.54) is 17.0 Å². The Morgan fingerprint density at radius 1 is 1.00 bits per heavy atom. The van der Waals surface area contributed by atoms with E-state index in [1.807, 2.05) is 12.1 Å². The van der Waals surface area contributed by atoms with Crippen molar-refractivity contribution < 1.29 is 18.0 Å². The molecular weight excluding hydrogens is 392 g/mol. The van der Waals surface area contributed by atoms with Gasteiger partial charge >= 0.3 is 0 Å². The zero-order valence-electron chi connectivity index (χ0n) is 16.0. The summed E-state index contributed by atoms with van der Waals surface area (Å²) in [7, 11) is -3.37. The molecule has 0 aliphatic rings. The third kappa shape index (κ3) is 7.63. The van der Waals surface area contributed by atoms with E-state index in [9.17, 15) is 18.0 Å². The monoisotopic (exact) mass is 414 g/mol. The van der Waals surface area contributed by atoms with Gasteiger partial charge in [0.15, 0.2) is 0 Å². The number of anilines is 3. The highest BCUT2D eigenvalue weighted by Crippen LogP contribution is 2.17. The van der Waals surface area contributed by atoms with E-state index >= 15 is 0 Å². The molecule has 2 aromatic rings. The Hall–Kier alpha value is -3.38. The first kappa shape index (κ1) is 21.9. The van der Waals surface area contributed by atoms with E-state index in [-0.39, 0.29) is 37.6 Å². The zero-order valence-corrected chi connectivity index (χ0v) is 16.8. The molecule has 0 bridgehead atoms. The van der Waals surface area contributed by atoms with E-state index in [2.05, 4.69) is 10.0 Å². The van der Waals surface area contributed by atoms with Gasteiger partial charge in [-0.15, -0.1) is 0 Å². The second kappa shape index (κ2) is 10.2. The lowest BCUT2D eigenvalue weighted by Crippen LogP contribution is -2.32. The predicted octanol–water partition coefficient (Wildman–Crippen LogP) is 2.72. The van der Waals surface area contributed by atoms with Crippen LogP contribution in [0.1, 0.15) is 19.3 Å². The molecule has 0 aliphatic carbocycles. The fraction of sp³-hybridized carbons (Fsp3) is 0.250. The number of hydrogen-bond donors (Lipinski definition) is 2. The summed E-state index contributed by atoms with van der Waals surface area (Å²) in [4.78, 5) is 26.2. The Labute approximate surface area is 170 Å². The minimum atomic E-state index is -3.37. The first-order valence-corrected chi connectivity index (χ1v) is 10.8. The van der Waals surface area contributed by atoms with Crippen LogP contribution in [-0.2, 0) is 19.6 Å². The molecule has 152 valence electrons. The Bertz CT molecular complexity index is 983. The summed E-state index contributed by atoms with van der Waals surface area (Å²) in [6.45, 7) is 0.260. The highest BCUT2D eigenvalue weighted by atomic mass is 32.2. The van der Waals surface area contributed by atoms with Crippen molar-refractivity contribution in [3.63, 3.8) is 0 Å². The maximum Gasteiger partial charge on any atom is 0.229 e. The first-order valence-electron chi connectivity index (χ1n) is 8.88. The number of nitriles is 1. The minimum absolute atomic E-state index is 0.000125. The highest BCUT2D eigenvalue weighted by molar-refractivity contribution is 7.92. The smallest absolute Gasteiger partial charge is 0.229 e. The second-order valence-corrected chi connectivity index (χ2v) is 8.04. The lowest BCUT2D eigenvalue weighted by Gasteiger charge is -2.21. The van der Waals surface area contributed by atoms with Gasteiger partial charge in [0.2, 0.25) is 21.8 Å². The van der Waals surface area contributed by atoms with Crippen LogP contribution in [0.15, 0.2) is 54.6 Å². The number of sulfonamides is 1. The predicted molar refractivity (Wildman–Crippen MR) is 112 cm³/mol. The van der Waals surface area contributed by atoms with Gasteiger partial charge in [0, 0.05) is 36.4 Å².